The Hall–Kier alpha value is -0.990. The van der Waals surface area contributed by atoms with Crippen molar-refractivity contribution in [3.63, 3.8) is 0 Å². The third-order valence-electron chi connectivity index (χ3n) is 1.96. The van der Waals surface area contributed by atoms with Crippen molar-refractivity contribution in [2.45, 2.75) is 0 Å². The molecule has 0 atom stereocenters. The summed E-state index contributed by atoms with van der Waals surface area (Å²) in [4.78, 5) is 3.91. The molecule has 74 valence electrons. The highest BCUT2D eigenvalue weighted by Gasteiger charge is 2.10. The molecule has 2 rings (SSSR count). The van der Waals surface area contributed by atoms with E-state index < -0.39 is 5.82 Å². The highest BCUT2D eigenvalue weighted by molar-refractivity contribution is 9.11. The Morgan fingerprint density at radius 1 is 1.27 bits per heavy atom. The Balaban J connectivity index is 3.02. The van der Waals surface area contributed by atoms with E-state index in [1.54, 1.807) is 0 Å². The van der Waals surface area contributed by atoms with Crippen LogP contribution in [-0.2, 0) is 0 Å². The normalized spacial score (nSPS) is 10.3. The zero-order valence-electron chi connectivity index (χ0n) is 7.26. The van der Waals surface area contributed by atoms with Crippen LogP contribution in [0.4, 0.5) is 4.39 Å². The fourth-order valence-electron chi connectivity index (χ4n) is 1.35. The van der Waals surface area contributed by atoms with E-state index in [1.165, 1.54) is 18.3 Å². The summed E-state index contributed by atoms with van der Waals surface area (Å²) in [5, 5.41) is 10.1. The summed E-state index contributed by atoms with van der Waals surface area (Å²) in [5.74, 6) is -0.397. The molecule has 0 fully saturated rings. The van der Waals surface area contributed by atoms with Gasteiger partial charge in [0.25, 0.3) is 0 Å². The number of nitrogens with zero attached hydrogens (tertiary/aromatic N) is 2. The minimum Gasteiger partial charge on any atom is -0.244 e. The van der Waals surface area contributed by atoms with Gasteiger partial charge in [0.2, 0.25) is 0 Å². The number of nitriles is 1. The van der Waals surface area contributed by atoms with Crippen LogP contribution in [0.5, 0.6) is 0 Å². The molecule has 0 aliphatic carbocycles. The number of hydrogen-bond acceptors (Lipinski definition) is 2. The molecule has 0 aliphatic rings. The van der Waals surface area contributed by atoms with E-state index in [0.29, 0.717) is 9.86 Å². The maximum atomic E-state index is 13.2. The Morgan fingerprint density at radius 3 is 2.67 bits per heavy atom. The predicted molar refractivity (Wildman–Crippen MR) is 61.8 cm³/mol. The van der Waals surface area contributed by atoms with Crippen molar-refractivity contribution < 1.29 is 4.39 Å². The van der Waals surface area contributed by atoms with Crippen LogP contribution < -0.4 is 0 Å². The second-order valence-corrected chi connectivity index (χ2v) is 4.59. The lowest BCUT2D eigenvalue weighted by Crippen LogP contribution is -1.89. The van der Waals surface area contributed by atoms with Crippen LogP contribution in [0.1, 0.15) is 5.69 Å². The smallest absolute Gasteiger partial charge is 0.148 e. The van der Waals surface area contributed by atoms with Crippen LogP contribution >= 0.6 is 31.9 Å². The molecular formula is C10H3Br2FN2. The molecular weight excluding hydrogens is 327 g/mol. The number of benzene rings is 1. The number of pyridine rings is 1. The number of rotatable bonds is 0. The van der Waals surface area contributed by atoms with Gasteiger partial charge >= 0.3 is 0 Å². The van der Waals surface area contributed by atoms with Gasteiger partial charge in [-0.05, 0) is 28.1 Å². The van der Waals surface area contributed by atoms with Crippen molar-refractivity contribution in [1.82, 2.24) is 4.98 Å². The molecule has 0 aliphatic heterocycles. The van der Waals surface area contributed by atoms with Gasteiger partial charge in [0.15, 0.2) is 0 Å². The third-order valence-corrected chi connectivity index (χ3v) is 3.19. The molecule has 1 aromatic carbocycles. The molecule has 1 aromatic heterocycles. The largest absolute Gasteiger partial charge is 0.244 e. The highest BCUT2D eigenvalue weighted by atomic mass is 79.9. The Kier molecular flexibility index (Phi) is 2.72. The molecule has 0 amide bonds. The van der Waals surface area contributed by atoms with E-state index in [1.807, 2.05) is 6.07 Å². The predicted octanol–water partition coefficient (Wildman–Crippen LogP) is 3.77. The molecule has 2 aromatic rings. The molecule has 2 nitrogen and oxygen atoms in total. The Morgan fingerprint density at radius 2 is 2.00 bits per heavy atom. The number of fused-ring (bicyclic) bond motifs is 1. The van der Waals surface area contributed by atoms with Crippen LogP contribution in [-0.4, -0.2) is 4.98 Å². The van der Waals surface area contributed by atoms with E-state index in [-0.39, 0.29) is 5.69 Å². The first kappa shape index (κ1) is 10.5. The van der Waals surface area contributed by atoms with Crippen LogP contribution in [0.25, 0.3) is 10.8 Å². The van der Waals surface area contributed by atoms with E-state index in [0.717, 1.165) is 9.86 Å². The first-order chi connectivity index (χ1) is 7.13. The maximum absolute atomic E-state index is 13.2. The molecule has 5 heteroatoms. The minimum atomic E-state index is -0.397. The molecule has 0 saturated carbocycles. The van der Waals surface area contributed by atoms with Gasteiger partial charge in [-0.3, -0.25) is 0 Å². The van der Waals surface area contributed by atoms with Gasteiger partial charge in [0.1, 0.15) is 17.6 Å². The molecule has 1 heterocycles. The van der Waals surface area contributed by atoms with E-state index in [9.17, 15) is 4.39 Å². The third kappa shape index (κ3) is 1.75. The lowest BCUT2D eigenvalue weighted by atomic mass is 10.1. The van der Waals surface area contributed by atoms with E-state index in [2.05, 4.69) is 36.8 Å². The van der Waals surface area contributed by atoms with E-state index in [4.69, 9.17) is 5.26 Å². The lowest BCUT2D eigenvalue weighted by molar-refractivity contribution is 0.629. The topological polar surface area (TPSA) is 36.7 Å². The van der Waals surface area contributed by atoms with Crippen LogP contribution in [0.15, 0.2) is 27.3 Å². The van der Waals surface area contributed by atoms with Crippen molar-refractivity contribution in [1.29, 1.82) is 5.26 Å². The highest BCUT2D eigenvalue weighted by Crippen LogP contribution is 2.32. The lowest BCUT2D eigenvalue weighted by Gasteiger charge is -2.04. The summed E-state index contributed by atoms with van der Waals surface area (Å²) in [7, 11) is 0. The standard InChI is InChI=1S/C10H3Br2FN2/c11-7-2-5(13)1-6-9(3-14)15-4-8(12)10(6)7/h1-2,4H. The fourth-order valence-corrected chi connectivity index (χ4v) is 2.79. The van der Waals surface area contributed by atoms with Crippen molar-refractivity contribution >= 4 is 42.6 Å². The first-order valence-corrected chi connectivity index (χ1v) is 5.55. The van der Waals surface area contributed by atoms with Gasteiger partial charge in [-0.25, -0.2) is 9.37 Å². The van der Waals surface area contributed by atoms with Gasteiger partial charge in [0.05, 0.1) is 0 Å². The molecule has 0 unspecified atom stereocenters. The van der Waals surface area contributed by atoms with Gasteiger partial charge in [-0.1, -0.05) is 15.9 Å². The van der Waals surface area contributed by atoms with Crippen LogP contribution in [0.3, 0.4) is 0 Å². The monoisotopic (exact) mass is 328 g/mol. The number of halogens is 3. The summed E-state index contributed by atoms with van der Waals surface area (Å²) in [6.07, 6.45) is 1.53. The second-order valence-electron chi connectivity index (χ2n) is 2.88. The summed E-state index contributed by atoms with van der Waals surface area (Å²) in [5.41, 5.74) is 0.216. The van der Waals surface area contributed by atoms with Crippen molar-refractivity contribution in [2.75, 3.05) is 0 Å². The Bertz CT molecular complexity index is 590. The zero-order valence-corrected chi connectivity index (χ0v) is 10.4. The van der Waals surface area contributed by atoms with Gasteiger partial charge in [-0.15, -0.1) is 0 Å². The SMILES string of the molecule is N#Cc1ncc(Br)c2c(Br)cc(F)cc12. The molecule has 0 spiro atoms. The van der Waals surface area contributed by atoms with Gasteiger partial charge in [-0.2, -0.15) is 5.26 Å². The fraction of sp³-hybridized carbons (Fsp3) is 0. The molecule has 0 N–H and O–H groups in total. The van der Waals surface area contributed by atoms with Crippen LogP contribution in [0, 0.1) is 17.1 Å². The minimum absolute atomic E-state index is 0.216. The molecule has 0 bridgehead atoms. The first-order valence-electron chi connectivity index (χ1n) is 3.97. The Labute approximate surface area is 102 Å². The molecule has 0 radical (unpaired) electrons. The quantitative estimate of drug-likeness (QED) is 0.737. The van der Waals surface area contributed by atoms with Gasteiger partial charge in [0, 0.05) is 25.9 Å². The molecule has 15 heavy (non-hydrogen) atoms. The average Bonchev–Trinajstić information content (AvgIpc) is 2.17. The summed E-state index contributed by atoms with van der Waals surface area (Å²) in [6.45, 7) is 0. The summed E-state index contributed by atoms with van der Waals surface area (Å²) in [6, 6.07) is 4.59. The average molecular weight is 330 g/mol. The number of hydrogen-bond donors (Lipinski definition) is 0. The maximum Gasteiger partial charge on any atom is 0.148 e. The van der Waals surface area contributed by atoms with Crippen LogP contribution in [0.2, 0.25) is 0 Å². The summed E-state index contributed by atoms with van der Waals surface area (Å²) >= 11 is 6.57. The second kappa shape index (κ2) is 3.87. The zero-order chi connectivity index (χ0) is 11.0. The van der Waals surface area contributed by atoms with Crippen molar-refractivity contribution in [2.24, 2.45) is 0 Å². The van der Waals surface area contributed by atoms with Crippen molar-refractivity contribution in [3.05, 3.63) is 38.8 Å². The van der Waals surface area contributed by atoms with Gasteiger partial charge < -0.3 is 0 Å². The van der Waals surface area contributed by atoms with Crippen molar-refractivity contribution in [3.8, 4) is 6.07 Å². The summed E-state index contributed by atoms with van der Waals surface area (Å²) < 4.78 is 14.5. The molecule has 0 saturated heterocycles. The van der Waals surface area contributed by atoms with E-state index >= 15 is 0 Å². The number of aromatic nitrogens is 1.